The Bertz CT molecular complexity index is 3230. The first-order chi connectivity index (χ1) is 31.5. The van der Waals surface area contributed by atoms with E-state index >= 15 is 0 Å². The van der Waals surface area contributed by atoms with Crippen LogP contribution in [0.1, 0.15) is 70.0 Å². The number of phenolic OH excluding ortho intramolecular Hbond substituents is 1. The lowest BCUT2D eigenvalue weighted by molar-refractivity contribution is 0.466. The number of aromatic nitrogens is 3. The highest BCUT2D eigenvalue weighted by Crippen LogP contribution is 2.43. The van der Waals surface area contributed by atoms with Crippen molar-refractivity contribution in [2.75, 3.05) is 0 Å². The lowest BCUT2D eigenvalue weighted by atomic mass is 9.91. The van der Waals surface area contributed by atoms with Gasteiger partial charge in [-0.25, -0.2) is 4.98 Å². The lowest BCUT2D eigenvalue weighted by Gasteiger charge is -2.18. The summed E-state index contributed by atoms with van der Waals surface area (Å²) in [4.78, 5) is 10.3. The van der Waals surface area contributed by atoms with E-state index in [1.807, 2.05) is 114 Å². The van der Waals surface area contributed by atoms with Gasteiger partial charge in [-0.05, 0) is 136 Å². The molecule has 0 spiro atoms. The smallest absolute Gasteiger partial charge is 0.149 e. The number of rotatable bonds is 9. The van der Waals surface area contributed by atoms with Crippen molar-refractivity contribution in [2.45, 2.75) is 53.2 Å². The largest absolute Gasteiger partial charge is 0.507 e. The number of pyridine rings is 1. The molecule has 0 bridgehead atoms. The van der Waals surface area contributed by atoms with Crippen molar-refractivity contribution >= 4 is 11.0 Å². The van der Waals surface area contributed by atoms with Crippen LogP contribution in [-0.4, -0.2) is 19.6 Å². The van der Waals surface area contributed by atoms with Crippen molar-refractivity contribution in [3.63, 3.8) is 0 Å². The monoisotopic (exact) mass is 785 g/mol. The second-order valence-electron chi connectivity index (χ2n) is 16.0. The molecule has 0 atom stereocenters. The van der Waals surface area contributed by atoms with Gasteiger partial charge >= 0.3 is 0 Å². The number of imidazole rings is 1. The van der Waals surface area contributed by atoms with Gasteiger partial charge in [-0.15, -0.1) is 0 Å². The van der Waals surface area contributed by atoms with Crippen LogP contribution in [0.5, 0.6) is 5.75 Å². The first-order valence-electron chi connectivity index (χ1n) is 23.4. The maximum absolute atomic E-state index is 12.2. The summed E-state index contributed by atoms with van der Waals surface area (Å²) < 4.78 is 51.6. The van der Waals surface area contributed by atoms with Crippen molar-refractivity contribution in [1.29, 1.82) is 0 Å². The van der Waals surface area contributed by atoms with Gasteiger partial charge in [0.25, 0.3) is 0 Å². The fraction of sp³-hybridized carbons (Fsp3) is 0.143. The van der Waals surface area contributed by atoms with Gasteiger partial charge in [-0.1, -0.05) is 142 Å². The molecular formula is C56H49N3O. The summed E-state index contributed by atoms with van der Waals surface area (Å²) in [5, 5.41) is 12.2. The molecule has 0 aliphatic heterocycles. The van der Waals surface area contributed by atoms with E-state index in [1.54, 1.807) is 24.4 Å². The van der Waals surface area contributed by atoms with Crippen LogP contribution in [0.3, 0.4) is 0 Å². The summed E-state index contributed by atoms with van der Waals surface area (Å²) in [6.45, 7) is 3.75. The number of fused-ring (bicyclic) bond motifs is 1. The minimum Gasteiger partial charge on any atom is -0.507 e. The van der Waals surface area contributed by atoms with Crippen molar-refractivity contribution in [1.82, 2.24) is 14.5 Å². The fourth-order valence-corrected chi connectivity index (χ4v) is 8.10. The number of hydrogen-bond acceptors (Lipinski definition) is 3. The van der Waals surface area contributed by atoms with Crippen molar-refractivity contribution < 1.29 is 13.3 Å². The molecule has 0 unspecified atom stereocenters. The highest BCUT2D eigenvalue weighted by Gasteiger charge is 2.24. The third-order valence-corrected chi connectivity index (χ3v) is 11.3. The van der Waals surface area contributed by atoms with Crippen LogP contribution in [0, 0.1) is 13.7 Å². The number of nitrogens with zero attached hydrogens (tertiary/aromatic N) is 3. The third-order valence-electron chi connectivity index (χ3n) is 11.3. The van der Waals surface area contributed by atoms with Crippen LogP contribution in [-0.2, 0) is 0 Å². The lowest BCUT2D eigenvalue weighted by Crippen LogP contribution is -2.02. The van der Waals surface area contributed by atoms with Crippen LogP contribution < -0.4 is 0 Å². The van der Waals surface area contributed by atoms with Gasteiger partial charge in [0.2, 0.25) is 0 Å². The molecule has 2 heterocycles. The van der Waals surface area contributed by atoms with E-state index in [9.17, 15) is 5.11 Å². The first-order valence-corrected chi connectivity index (χ1v) is 20.4. The van der Waals surface area contributed by atoms with E-state index in [-0.39, 0.29) is 28.7 Å². The molecule has 294 valence electrons. The third kappa shape index (κ3) is 7.30. The van der Waals surface area contributed by atoms with Gasteiger partial charge in [-0.2, -0.15) is 0 Å². The highest BCUT2D eigenvalue weighted by atomic mass is 16.3. The number of phenols is 1. The molecule has 0 radical (unpaired) electrons. The Morgan fingerprint density at radius 3 is 1.97 bits per heavy atom. The minimum atomic E-state index is -2.44. The topological polar surface area (TPSA) is 50.9 Å². The summed E-state index contributed by atoms with van der Waals surface area (Å²) in [6, 6.07) is 52.6. The van der Waals surface area contributed by atoms with Gasteiger partial charge in [0.15, 0.2) is 0 Å². The molecule has 4 heteroatoms. The molecule has 2 aromatic heterocycles. The molecule has 9 rings (SSSR count). The zero-order chi connectivity index (χ0) is 46.5. The quantitative estimate of drug-likeness (QED) is 0.159. The van der Waals surface area contributed by atoms with Gasteiger partial charge in [-0.3, -0.25) is 9.55 Å². The molecule has 0 amide bonds. The Kier molecular flexibility index (Phi) is 8.48. The second kappa shape index (κ2) is 16.0. The predicted molar refractivity (Wildman–Crippen MR) is 251 cm³/mol. The maximum Gasteiger partial charge on any atom is 0.149 e. The summed E-state index contributed by atoms with van der Waals surface area (Å²) in [5.41, 5.74) is 13.4. The van der Waals surface area contributed by atoms with E-state index in [2.05, 4.69) is 64.1 Å². The number of para-hydroxylation sites is 1. The number of hydrogen-bond donors (Lipinski definition) is 1. The number of aryl methyl sites for hydroxylation is 2. The van der Waals surface area contributed by atoms with Gasteiger partial charge in [0.1, 0.15) is 11.6 Å². The molecule has 7 aromatic carbocycles. The molecule has 0 saturated carbocycles. The van der Waals surface area contributed by atoms with Crippen LogP contribution in [0.15, 0.2) is 170 Å². The number of benzene rings is 7. The van der Waals surface area contributed by atoms with E-state index in [4.69, 9.17) is 18.2 Å². The zero-order valence-electron chi connectivity index (χ0n) is 40.1. The second-order valence-corrected chi connectivity index (χ2v) is 16.0. The molecule has 0 saturated heterocycles. The van der Waals surface area contributed by atoms with Crippen LogP contribution in [0.25, 0.3) is 83.9 Å². The van der Waals surface area contributed by atoms with Crippen LogP contribution in [0.2, 0.25) is 0 Å². The van der Waals surface area contributed by atoms with Gasteiger partial charge < -0.3 is 5.11 Å². The summed E-state index contributed by atoms with van der Waals surface area (Å²) in [6.07, 6.45) is 1.77. The molecule has 0 aliphatic rings. The standard InChI is InChI=1S/C56H49N3O/c1-35(2)43-32-50(36(3)4)55(60)51(33-43)56-58-54-49(18-13-19-53(54)59(56)47-24-25-48(38(6)28-47)41-16-11-8-12-17-41)45-29-44(39-14-9-7-10-15-39)30-46(31-45)52-34-42(26-27-57-52)40-22-20-37(5)21-23-40/h7-36,60H,1-6H3/i5D3,6D3. The summed E-state index contributed by atoms with van der Waals surface area (Å²) in [5.74, 6) is 0.795. The van der Waals surface area contributed by atoms with Crippen LogP contribution >= 0.6 is 0 Å². The average molecular weight is 786 g/mol. The van der Waals surface area contributed by atoms with E-state index in [1.165, 1.54) is 0 Å². The highest BCUT2D eigenvalue weighted by molar-refractivity contribution is 5.98. The Hall–Kier alpha value is -7.04. The summed E-state index contributed by atoms with van der Waals surface area (Å²) in [7, 11) is 0. The minimum absolute atomic E-state index is 0.0166. The Morgan fingerprint density at radius 2 is 1.25 bits per heavy atom. The van der Waals surface area contributed by atoms with Crippen molar-refractivity contribution in [3.05, 3.63) is 192 Å². The van der Waals surface area contributed by atoms with E-state index < -0.39 is 13.7 Å². The Balaban J connectivity index is 1.30. The Labute approximate surface area is 362 Å². The molecule has 1 N–H and O–H groups in total. The molecule has 0 fully saturated rings. The molecule has 60 heavy (non-hydrogen) atoms. The Morgan fingerprint density at radius 1 is 0.533 bits per heavy atom. The maximum atomic E-state index is 12.2. The first kappa shape index (κ1) is 31.9. The summed E-state index contributed by atoms with van der Waals surface area (Å²) >= 11 is 0. The normalized spacial score (nSPS) is 13.4. The fourth-order valence-electron chi connectivity index (χ4n) is 8.10. The molecule has 9 aromatic rings. The zero-order valence-corrected chi connectivity index (χ0v) is 34.1. The molecule has 4 nitrogen and oxygen atoms in total. The van der Waals surface area contributed by atoms with E-state index in [0.29, 0.717) is 28.2 Å². The SMILES string of the molecule is [2H]C([2H])([2H])c1ccc(-c2ccnc(-c3cc(-c4ccccc4)cc(-c4cccc5c4nc(-c4cc(C(C)C)cc(C(C)C)c4O)n5-c4ccc(-c5ccccc5)c(C([2H])([2H])[2H])c4)c3)c2)cc1. The number of aromatic hydroxyl groups is 1. The molecular weight excluding hydrogens is 731 g/mol. The van der Waals surface area contributed by atoms with Crippen molar-refractivity contribution in [2.24, 2.45) is 0 Å². The van der Waals surface area contributed by atoms with Gasteiger partial charge in [0, 0.05) is 31.2 Å². The van der Waals surface area contributed by atoms with Crippen molar-refractivity contribution in [3.8, 4) is 78.6 Å². The molecule has 0 aliphatic carbocycles. The van der Waals surface area contributed by atoms with E-state index in [0.717, 1.165) is 66.8 Å². The van der Waals surface area contributed by atoms with Gasteiger partial charge in [0.05, 0.1) is 22.3 Å². The van der Waals surface area contributed by atoms with Crippen LogP contribution in [0.4, 0.5) is 0 Å². The predicted octanol–water partition coefficient (Wildman–Crippen LogP) is 15.0. The average Bonchev–Trinajstić information content (AvgIpc) is 3.71.